The average molecular weight is 312 g/mol. The highest BCUT2D eigenvalue weighted by molar-refractivity contribution is 5.96. The smallest absolute Gasteiger partial charge is 0.410 e. The lowest BCUT2D eigenvalue weighted by Gasteiger charge is -2.39. The number of carbonyl (C=O) groups is 3. The largest absolute Gasteiger partial charge is 0.480 e. The van der Waals surface area contributed by atoms with Gasteiger partial charge in [-0.3, -0.25) is 4.79 Å². The second-order valence-corrected chi connectivity index (χ2v) is 7.10. The zero-order valence-corrected chi connectivity index (χ0v) is 13.3. The average Bonchev–Trinajstić information content (AvgIpc) is 2.40. The number of nitrogens with zero attached hydrogens (tertiary/aromatic N) is 1. The topological polar surface area (TPSA) is 95.9 Å². The molecule has 0 saturated carbocycles. The minimum absolute atomic E-state index is 0.138. The number of carboxylic acids is 1. The fourth-order valence-corrected chi connectivity index (χ4v) is 3.00. The summed E-state index contributed by atoms with van der Waals surface area (Å²) in [5, 5.41) is 11.4. The summed E-state index contributed by atoms with van der Waals surface area (Å²) in [6.07, 6.45) is 1.90. The summed E-state index contributed by atoms with van der Waals surface area (Å²) in [4.78, 5) is 36.3. The number of hydrogen-bond acceptors (Lipinski definition) is 4. The second-order valence-electron chi connectivity index (χ2n) is 7.10. The van der Waals surface area contributed by atoms with E-state index in [1.54, 1.807) is 4.90 Å². The molecule has 2 rings (SSSR count). The first-order valence-electron chi connectivity index (χ1n) is 7.68. The number of ether oxygens (including phenoxy) is 1. The Labute approximate surface area is 130 Å². The van der Waals surface area contributed by atoms with Crippen molar-refractivity contribution >= 4 is 18.0 Å². The van der Waals surface area contributed by atoms with Crippen molar-refractivity contribution in [1.82, 2.24) is 10.2 Å². The van der Waals surface area contributed by atoms with Crippen LogP contribution in [0, 0.1) is 11.8 Å². The molecule has 2 saturated heterocycles. The maximum atomic E-state index is 12.1. The van der Waals surface area contributed by atoms with Gasteiger partial charge in [0.15, 0.2) is 0 Å². The quantitative estimate of drug-likeness (QED) is 0.764. The number of carboxylic acid groups (broad SMARTS) is 1. The fraction of sp³-hybridized carbons (Fsp3) is 0.800. The lowest BCUT2D eigenvalue weighted by molar-refractivity contribution is -0.154. The maximum absolute atomic E-state index is 12.1. The first kappa shape index (κ1) is 16.6. The summed E-state index contributed by atoms with van der Waals surface area (Å²) < 4.78 is 5.36. The van der Waals surface area contributed by atoms with Gasteiger partial charge in [0.2, 0.25) is 5.91 Å². The molecule has 2 heterocycles. The number of hydrogen-bond donors (Lipinski definition) is 2. The highest BCUT2D eigenvalue weighted by atomic mass is 16.6. The van der Waals surface area contributed by atoms with E-state index in [9.17, 15) is 14.4 Å². The molecule has 22 heavy (non-hydrogen) atoms. The second kappa shape index (κ2) is 6.14. The Bertz CT molecular complexity index is 471. The van der Waals surface area contributed by atoms with E-state index in [1.807, 2.05) is 20.8 Å². The Morgan fingerprint density at radius 2 is 2.09 bits per heavy atom. The molecular weight excluding hydrogens is 288 g/mol. The Hall–Kier alpha value is -1.79. The maximum Gasteiger partial charge on any atom is 0.410 e. The van der Waals surface area contributed by atoms with Crippen molar-refractivity contribution in [3.63, 3.8) is 0 Å². The van der Waals surface area contributed by atoms with Gasteiger partial charge in [-0.1, -0.05) is 0 Å². The number of rotatable bonds is 3. The van der Waals surface area contributed by atoms with Crippen LogP contribution in [0.15, 0.2) is 0 Å². The molecule has 2 amide bonds. The molecule has 0 aromatic heterocycles. The van der Waals surface area contributed by atoms with Crippen LogP contribution in [0.3, 0.4) is 0 Å². The predicted octanol–water partition coefficient (Wildman–Crippen LogP) is 1.22. The molecule has 2 N–H and O–H groups in total. The minimum atomic E-state index is -0.996. The van der Waals surface area contributed by atoms with E-state index < -0.39 is 23.5 Å². The van der Waals surface area contributed by atoms with Crippen molar-refractivity contribution in [2.45, 2.75) is 51.7 Å². The molecule has 1 unspecified atom stereocenters. The van der Waals surface area contributed by atoms with Gasteiger partial charge in [0.05, 0.1) is 5.92 Å². The van der Waals surface area contributed by atoms with Crippen molar-refractivity contribution in [2.24, 2.45) is 11.8 Å². The van der Waals surface area contributed by atoms with E-state index in [0.717, 1.165) is 12.8 Å². The first-order valence-corrected chi connectivity index (χ1v) is 7.68. The van der Waals surface area contributed by atoms with Crippen molar-refractivity contribution in [3.8, 4) is 0 Å². The molecule has 0 bridgehead atoms. The van der Waals surface area contributed by atoms with E-state index in [1.165, 1.54) is 0 Å². The molecule has 0 spiro atoms. The number of likely N-dealkylation sites (tertiary alicyclic amines) is 1. The number of β-lactam (4-membered cyclic amide) rings is 1. The zero-order valence-electron chi connectivity index (χ0n) is 13.3. The van der Waals surface area contributed by atoms with E-state index in [2.05, 4.69) is 5.32 Å². The normalized spacial score (nSPS) is 28.6. The third-order valence-corrected chi connectivity index (χ3v) is 4.06. The molecule has 3 atom stereocenters. The molecule has 7 nitrogen and oxygen atoms in total. The summed E-state index contributed by atoms with van der Waals surface area (Å²) in [7, 11) is 0. The Kier molecular flexibility index (Phi) is 4.63. The van der Waals surface area contributed by atoms with Gasteiger partial charge in [-0.15, -0.1) is 0 Å². The molecule has 0 radical (unpaired) electrons. The Morgan fingerprint density at radius 1 is 1.41 bits per heavy atom. The number of amides is 2. The van der Waals surface area contributed by atoms with E-state index in [4.69, 9.17) is 9.84 Å². The molecule has 2 aliphatic heterocycles. The molecule has 0 aromatic rings. The van der Waals surface area contributed by atoms with Gasteiger partial charge in [-0.05, 0) is 46.0 Å². The zero-order chi connectivity index (χ0) is 16.5. The van der Waals surface area contributed by atoms with Gasteiger partial charge >= 0.3 is 12.1 Å². The van der Waals surface area contributed by atoms with Gasteiger partial charge in [-0.25, -0.2) is 9.59 Å². The Morgan fingerprint density at radius 3 is 2.64 bits per heavy atom. The molecule has 0 aliphatic carbocycles. The van der Waals surface area contributed by atoms with Crippen LogP contribution in [0.2, 0.25) is 0 Å². The van der Waals surface area contributed by atoms with Crippen LogP contribution < -0.4 is 5.32 Å². The summed E-state index contributed by atoms with van der Waals surface area (Å²) in [5.74, 6) is -1.55. The van der Waals surface area contributed by atoms with Gasteiger partial charge in [0, 0.05) is 13.1 Å². The van der Waals surface area contributed by atoms with Crippen LogP contribution in [0.25, 0.3) is 0 Å². The Balaban J connectivity index is 1.89. The fourth-order valence-electron chi connectivity index (χ4n) is 3.00. The summed E-state index contributed by atoms with van der Waals surface area (Å²) in [6.45, 7) is 6.63. The molecular formula is C15H24N2O5. The van der Waals surface area contributed by atoms with E-state index in [0.29, 0.717) is 19.5 Å². The number of piperidine rings is 1. The standard InChI is InChI=1S/C15H24N2O5/c1-15(2,3)22-14(21)17-6-4-5-9(8-17)7-10-11(13(19)20)16-12(10)18/h9-11H,4-8H2,1-3H3,(H,16,18)(H,19,20)/t9-,10-,11?/m1/s1. The van der Waals surface area contributed by atoms with Gasteiger partial charge in [0.1, 0.15) is 11.6 Å². The third-order valence-electron chi connectivity index (χ3n) is 4.06. The SMILES string of the molecule is CC(C)(C)OC(=O)N1CCC[C@H](C[C@H]2C(=O)NC2C(=O)O)C1. The summed E-state index contributed by atoms with van der Waals surface area (Å²) >= 11 is 0. The van der Waals surface area contributed by atoms with Crippen molar-refractivity contribution in [3.05, 3.63) is 0 Å². The number of aliphatic carboxylic acids is 1. The first-order chi connectivity index (χ1) is 10.2. The molecule has 2 aliphatic rings. The van der Waals surface area contributed by atoms with E-state index in [-0.39, 0.29) is 17.9 Å². The van der Waals surface area contributed by atoms with Crippen LogP contribution in [0.1, 0.15) is 40.0 Å². The van der Waals surface area contributed by atoms with Gasteiger partial charge in [-0.2, -0.15) is 0 Å². The van der Waals surface area contributed by atoms with Crippen LogP contribution in [-0.2, 0) is 14.3 Å². The molecule has 2 fully saturated rings. The van der Waals surface area contributed by atoms with Crippen LogP contribution in [0.5, 0.6) is 0 Å². The van der Waals surface area contributed by atoms with Crippen LogP contribution in [0.4, 0.5) is 4.79 Å². The molecule has 7 heteroatoms. The van der Waals surface area contributed by atoms with Crippen molar-refractivity contribution in [2.75, 3.05) is 13.1 Å². The van der Waals surface area contributed by atoms with Crippen molar-refractivity contribution < 1.29 is 24.2 Å². The highest BCUT2D eigenvalue weighted by Gasteiger charge is 2.45. The lowest BCUT2D eigenvalue weighted by atomic mass is 9.80. The van der Waals surface area contributed by atoms with Crippen LogP contribution >= 0.6 is 0 Å². The summed E-state index contributed by atoms with van der Waals surface area (Å²) in [6, 6.07) is -0.788. The summed E-state index contributed by atoms with van der Waals surface area (Å²) in [5.41, 5.74) is -0.535. The van der Waals surface area contributed by atoms with Crippen molar-refractivity contribution in [1.29, 1.82) is 0 Å². The molecule has 124 valence electrons. The number of carbonyl (C=O) groups excluding carboxylic acids is 2. The minimum Gasteiger partial charge on any atom is -0.480 e. The van der Waals surface area contributed by atoms with E-state index >= 15 is 0 Å². The monoisotopic (exact) mass is 312 g/mol. The van der Waals surface area contributed by atoms with Crippen LogP contribution in [-0.4, -0.2) is 52.7 Å². The van der Waals surface area contributed by atoms with Gasteiger partial charge in [0.25, 0.3) is 0 Å². The van der Waals surface area contributed by atoms with Gasteiger partial charge < -0.3 is 20.1 Å². The third kappa shape index (κ3) is 3.90. The molecule has 0 aromatic carbocycles. The predicted molar refractivity (Wildman–Crippen MR) is 78.2 cm³/mol. The number of nitrogens with one attached hydrogen (secondary N) is 1. The lowest BCUT2D eigenvalue weighted by Crippen LogP contribution is -2.62. The highest BCUT2D eigenvalue weighted by Crippen LogP contribution is 2.29.